The van der Waals surface area contributed by atoms with Gasteiger partial charge in [-0.3, -0.25) is 9.59 Å². The number of esters is 2. The molecule has 3 aliphatic carbocycles. The highest BCUT2D eigenvalue weighted by Gasteiger charge is 2.66. The quantitative estimate of drug-likeness (QED) is 0.225. The molecule has 40 heavy (non-hydrogen) atoms. The van der Waals surface area contributed by atoms with Crippen molar-refractivity contribution in [3.63, 3.8) is 0 Å². The smallest absolute Gasteiger partial charge is 0.308 e. The molecule has 0 saturated carbocycles. The van der Waals surface area contributed by atoms with Gasteiger partial charge < -0.3 is 18.9 Å². The van der Waals surface area contributed by atoms with E-state index in [9.17, 15) is 9.59 Å². The molecule has 6 heteroatoms. The Hall–Kier alpha value is -3.28. The van der Waals surface area contributed by atoms with Gasteiger partial charge >= 0.3 is 11.9 Å². The van der Waals surface area contributed by atoms with Crippen molar-refractivity contribution in [2.45, 2.75) is 116 Å². The van der Waals surface area contributed by atoms with Crippen LogP contribution in [0.25, 0.3) is 0 Å². The van der Waals surface area contributed by atoms with Crippen LogP contribution in [0.15, 0.2) is 18.2 Å². The fourth-order valence-electron chi connectivity index (χ4n) is 8.05. The van der Waals surface area contributed by atoms with Crippen molar-refractivity contribution in [1.29, 1.82) is 0 Å². The Morgan fingerprint density at radius 2 is 1.57 bits per heavy atom. The maximum Gasteiger partial charge on any atom is 0.308 e. The van der Waals surface area contributed by atoms with E-state index in [0.29, 0.717) is 29.8 Å². The Bertz CT molecular complexity index is 1500. The number of hydrogen-bond donors (Lipinski definition) is 0. The van der Waals surface area contributed by atoms with Crippen LogP contribution in [0.3, 0.4) is 0 Å². The molecule has 0 fully saturated rings. The maximum atomic E-state index is 12.3. The summed E-state index contributed by atoms with van der Waals surface area (Å²) in [6.45, 7) is 19.8. The molecule has 5 atom stereocenters. The van der Waals surface area contributed by atoms with Crippen molar-refractivity contribution in [3.05, 3.63) is 57.2 Å². The molecule has 4 aliphatic rings. The van der Waals surface area contributed by atoms with Gasteiger partial charge in [0.2, 0.25) is 0 Å². The molecule has 6 rings (SSSR count). The second-order valence-electron chi connectivity index (χ2n) is 12.8. The van der Waals surface area contributed by atoms with E-state index in [1.54, 1.807) is 0 Å². The van der Waals surface area contributed by atoms with E-state index >= 15 is 0 Å². The van der Waals surface area contributed by atoms with Gasteiger partial charge in [-0.1, -0.05) is 32.1 Å². The van der Waals surface area contributed by atoms with Gasteiger partial charge in [-0.15, -0.1) is 0 Å². The van der Waals surface area contributed by atoms with Gasteiger partial charge in [0.25, 0.3) is 0 Å². The summed E-state index contributed by atoms with van der Waals surface area (Å²) < 4.78 is 26.1. The molecule has 1 aliphatic heterocycles. The SMILES string of the molecule is C=C(C)[C@H]1CC[C@H](C)c2c1cc(C)c1c2O[C@@]23CC[C@H](C)c4c(OC(C)=O)c(OC(C)=O)c(C)c(c42)C[C@@]3(C)O1. The monoisotopic (exact) mass is 544 g/mol. The van der Waals surface area contributed by atoms with Gasteiger partial charge in [-0.05, 0) is 87.5 Å². The first-order chi connectivity index (χ1) is 18.8. The molecular weight excluding hydrogens is 504 g/mol. The normalized spacial score (nSPS) is 29.1. The number of benzene rings is 2. The lowest BCUT2D eigenvalue weighted by molar-refractivity contribution is -0.137. The molecule has 0 bridgehead atoms. The van der Waals surface area contributed by atoms with E-state index in [-0.39, 0.29) is 5.92 Å². The number of hydrogen-bond acceptors (Lipinski definition) is 6. The van der Waals surface area contributed by atoms with Crippen molar-refractivity contribution in [1.82, 2.24) is 0 Å². The molecule has 1 spiro atoms. The number of carbonyl (C=O) groups is 2. The van der Waals surface area contributed by atoms with E-state index in [1.807, 2.05) is 6.92 Å². The van der Waals surface area contributed by atoms with Crippen LogP contribution in [0.1, 0.15) is 124 Å². The van der Waals surface area contributed by atoms with Crippen molar-refractivity contribution in [3.8, 4) is 23.0 Å². The molecule has 212 valence electrons. The number of fused-ring (bicyclic) bond motifs is 3. The first-order valence-corrected chi connectivity index (χ1v) is 14.6. The van der Waals surface area contributed by atoms with Crippen LogP contribution in [-0.2, 0) is 21.6 Å². The van der Waals surface area contributed by atoms with Crippen LogP contribution in [0, 0.1) is 13.8 Å². The van der Waals surface area contributed by atoms with Crippen molar-refractivity contribution in [2.75, 3.05) is 0 Å². The first-order valence-electron chi connectivity index (χ1n) is 14.6. The van der Waals surface area contributed by atoms with Gasteiger partial charge in [0.1, 0.15) is 0 Å². The van der Waals surface area contributed by atoms with E-state index < -0.39 is 23.1 Å². The summed E-state index contributed by atoms with van der Waals surface area (Å²) in [5.74, 6) is 2.15. The summed E-state index contributed by atoms with van der Waals surface area (Å²) in [5, 5.41) is 0. The maximum absolute atomic E-state index is 12.3. The van der Waals surface area contributed by atoms with E-state index in [2.05, 4.69) is 47.3 Å². The second-order valence-corrected chi connectivity index (χ2v) is 12.8. The van der Waals surface area contributed by atoms with Crippen LogP contribution >= 0.6 is 0 Å². The Morgan fingerprint density at radius 3 is 2.23 bits per heavy atom. The third-order valence-electron chi connectivity index (χ3n) is 9.95. The van der Waals surface area contributed by atoms with Gasteiger partial charge in [-0.2, -0.15) is 0 Å². The highest BCUT2D eigenvalue weighted by atomic mass is 16.6. The van der Waals surface area contributed by atoms with Crippen LogP contribution in [0.5, 0.6) is 23.0 Å². The standard InChI is InChI=1S/C34H40O6/c1-16(2)23-11-10-17(3)26-24(23)14-19(5)29-32(26)40-34-13-12-18(4)27-28(34)25(15-33(34,9)39-29)20(6)30(37-21(7)35)31(27)38-22(8)36/h14,17-18,23H,1,10-13,15H2,2-9H3/t17-,18-,23+,33+,34-/m0/s1. The Labute approximate surface area is 237 Å². The third-order valence-corrected chi connectivity index (χ3v) is 9.95. The topological polar surface area (TPSA) is 71.1 Å². The first kappa shape index (κ1) is 26.9. The lowest BCUT2D eigenvalue weighted by Crippen LogP contribution is -2.58. The van der Waals surface area contributed by atoms with Crippen LogP contribution in [0.2, 0.25) is 0 Å². The average Bonchev–Trinajstić information content (AvgIpc) is 3.13. The molecule has 2 aromatic carbocycles. The highest BCUT2D eigenvalue weighted by Crippen LogP contribution is 2.66. The van der Waals surface area contributed by atoms with Gasteiger partial charge in [0, 0.05) is 42.9 Å². The average molecular weight is 545 g/mol. The van der Waals surface area contributed by atoms with Crippen LogP contribution in [-0.4, -0.2) is 17.5 Å². The molecule has 0 unspecified atom stereocenters. The molecule has 6 nitrogen and oxygen atoms in total. The van der Waals surface area contributed by atoms with Crippen molar-refractivity contribution < 1.29 is 28.5 Å². The zero-order valence-corrected chi connectivity index (χ0v) is 25.0. The summed E-state index contributed by atoms with van der Waals surface area (Å²) in [4.78, 5) is 24.5. The molecule has 0 amide bonds. The minimum atomic E-state index is -0.761. The summed E-state index contributed by atoms with van der Waals surface area (Å²) in [6, 6.07) is 2.28. The molecule has 1 heterocycles. The summed E-state index contributed by atoms with van der Waals surface area (Å²) >= 11 is 0. The van der Waals surface area contributed by atoms with E-state index in [4.69, 9.17) is 18.9 Å². The van der Waals surface area contributed by atoms with Gasteiger partial charge in [0.15, 0.2) is 34.2 Å². The second kappa shape index (κ2) is 8.86. The minimum absolute atomic E-state index is 0.0779. The highest BCUT2D eigenvalue weighted by molar-refractivity contribution is 5.78. The molecule has 0 N–H and O–H groups in total. The minimum Gasteiger partial charge on any atom is -0.478 e. The largest absolute Gasteiger partial charge is 0.478 e. The number of ether oxygens (including phenoxy) is 4. The Balaban J connectivity index is 1.64. The predicted molar refractivity (Wildman–Crippen MR) is 153 cm³/mol. The van der Waals surface area contributed by atoms with Crippen LogP contribution < -0.4 is 18.9 Å². The molecule has 2 aromatic rings. The van der Waals surface area contributed by atoms with E-state index in [0.717, 1.165) is 65.0 Å². The number of carbonyl (C=O) groups excluding carboxylic acids is 2. The zero-order valence-electron chi connectivity index (χ0n) is 25.0. The summed E-state index contributed by atoms with van der Waals surface area (Å²) in [6.07, 6.45) is 4.34. The van der Waals surface area contributed by atoms with E-state index in [1.165, 1.54) is 30.5 Å². The zero-order chi connectivity index (χ0) is 28.9. The Morgan fingerprint density at radius 1 is 0.925 bits per heavy atom. The molecule has 0 saturated heterocycles. The van der Waals surface area contributed by atoms with Crippen molar-refractivity contribution >= 4 is 11.9 Å². The lowest BCUT2D eigenvalue weighted by atomic mass is 9.69. The number of aryl methyl sites for hydroxylation is 1. The summed E-state index contributed by atoms with van der Waals surface area (Å²) in [5.41, 5.74) is 7.12. The fraction of sp³-hybridized carbons (Fsp3) is 0.529. The number of rotatable bonds is 3. The third kappa shape index (κ3) is 3.53. The van der Waals surface area contributed by atoms with Crippen molar-refractivity contribution in [2.24, 2.45) is 0 Å². The van der Waals surface area contributed by atoms with Gasteiger partial charge in [0.05, 0.1) is 0 Å². The van der Waals surface area contributed by atoms with Gasteiger partial charge in [-0.25, -0.2) is 0 Å². The Kier molecular flexibility index (Phi) is 5.96. The molecule has 0 radical (unpaired) electrons. The fourth-order valence-corrected chi connectivity index (χ4v) is 8.05. The molecular formula is C34H40O6. The lowest BCUT2D eigenvalue weighted by Gasteiger charge is -2.52. The van der Waals surface area contributed by atoms with Crippen LogP contribution in [0.4, 0.5) is 0 Å². The number of allylic oxidation sites excluding steroid dienone is 1. The predicted octanol–water partition coefficient (Wildman–Crippen LogP) is 7.59. The molecule has 0 aromatic heterocycles. The summed E-state index contributed by atoms with van der Waals surface area (Å²) in [7, 11) is 0.